The first-order valence-electron chi connectivity index (χ1n) is 9.90. The van der Waals surface area contributed by atoms with E-state index in [1.165, 1.54) is 12.1 Å². The van der Waals surface area contributed by atoms with Gasteiger partial charge < -0.3 is 20.3 Å². The fourth-order valence-corrected chi connectivity index (χ4v) is 3.14. The lowest BCUT2D eigenvalue weighted by molar-refractivity contribution is -0.137. The van der Waals surface area contributed by atoms with Crippen LogP contribution >= 0.6 is 0 Å². The number of likely N-dealkylation sites (N-methyl/N-ethyl adjacent to an activating group) is 1. The van der Waals surface area contributed by atoms with Crippen LogP contribution in [0.5, 0.6) is 0 Å². The van der Waals surface area contributed by atoms with Crippen LogP contribution in [0, 0.1) is 0 Å². The van der Waals surface area contributed by atoms with Crippen LogP contribution in [0.1, 0.15) is 36.7 Å². The van der Waals surface area contributed by atoms with Crippen molar-refractivity contribution in [2.45, 2.75) is 32.5 Å². The number of ether oxygens (including phenoxy) is 1. The Labute approximate surface area is 188 Å². The van der Waals surface area contributed by atoms with E-state index in [0.29, 0.717) is 11.4 Å². The maximum atomic E-state index is 13.2. The van der Waals surface area contributed by atoms with Gasteiger partial charge in [-0.2, -0.15) is 13.2 Å². The van der Waals surface area contributed by atoms with E-state index in [0.717, 1.165) is 18.2 Å². The van der Waals surface area contributed by atoms with Crippen molar-refractivity contribution < 1.29 is 32.3 Å². The Hall–Kier alpha value is -3.76. The molecule has 0 atom stereocenters. The normalized spacial score (nSPS) is 13.7. The van der Waals surface area contributed by atoms with Crippen molar-refractivity contribution in [2.24, 2.45) is 0 Å². The molecule has 8 nitrogen and oxygen atoms in total. The number of anilines is 4. The lowest BCUT2D eigenvalue weighted by atomic mass is 10.1. The van der Waals surface area contributed by atoms with Gasteiger partial charge in [-0.15, -0.1) is 0 Å². The number of nitrogens with zero attached hydrogens (tertiary/aromatic N) is 1. The van der Waals surface area contributed by atoms with Crippen LogP contribution in [-0.2, 0) is 15.7 Å². The smallest absolute Gasteiger partial charge is 0.416 e. The minimum absolute atomic E-state index is 0.0726. The molecule has 0 unspecified atom stereocenters. The zero-order valence-electron chi connectivity index (χ0n) is 18.4. The Morgan fingerprint density at radius 3 is 2.36 bits per heavy atom. The molecule has 0 spiro atoms. The highest BCUT2D eigenvalue weighted by molar-refractivity contribution is 6.09. The summed E-state index contributed by atoms with van der Waals surface area (Å²) in [5.74, 6) is -0.990. The summed E-state index contributed by atoms with van der Waals surface area (Å²) in [4.78, 5) is 38.4. The molecule has 33 heavy (non-hydrogen) atoms. The van der Waals surface area contributed by atoms with E-state index in [-0.39, 0.29) is 29.4 Å². The monoisotopic (exact) mass is 464 g/mol. The van der Waals surface area contributed by atoms with Gasteiger partial charge in [0.1, 0.15) is 5.60 Å². The van der Waals surface area contributed by atoms with E-state index in [1.807, 2.05) is 0 Å². The quantitative estimate of drug-likeness (QED) is 0.612. The molecule has 3 N–H and O–H groups in total. The molecule has 11 heteroatoms. The lowest BCUT2D eigenvalue weighted by Gasteiger charge is -2.27. The van der Waals surface area contributed by atoms with Crippen LogP contribution in [0.3, 0.4) is 0 Å². The highest BCUT2D eigenvalue weighted by atomic mass is 19.4. The van der Waals surface area contributed by atoms with E-state index in [1.54, 1.807) is 38.8 Å². The Kier molecular flexibility index (Phi) is 6.26. The molecular formula is C22H23F3N4O4. The first-order chi connectivity index (χ1) is 15.2. The number of alkyl halides is 3. The van der Waals surface area contributed by atoms with E-state index >= 15 is 0 Å². The Morgan fingerprint density at radius 2 is 1.73 bits per heavy atom. The van der Waals surface area contributed by atoms with Crippen molar-refractivity contribution in [3.63, 3.8) is 0 Å². The van der Waals surface area contributed by atoms with Gasteiger partial charge in [0.25, 0.3) is 5.91 Å². The summed E-state index contributed by atoms with van der Waals surface area (Å²) in [5, 5.41) is 7.41. The summed E-state index contributed by atoms with van der Waals surface area (Å²) in [6.07, 6.45) is -5.55. The van der Waals surface area contributed by atoms with Crippen molar-refractivity contribution in [3.05, 3.63) is 47.5 Å². The highest BCUT2D eigenvalue weighted by Gasteiger charge is 2.32. The molecule has 3 amide bonds. The van der Waals surface area contributed by atoms with Crippen LogP contribution in [0.4, 0.5) is 40.7 Å². The third kappa shape index (κ3) is 5.93. The molecule has 1 aliphatic heterocycles. The van der Waals surface area contributed by atoms with Crippen LogP contribution in [-0.4, -0.2) is 37.1 Å². The van der Waals surface area contributed by atoms with E-state index in [4.69, 9.17) is 4.74 Å². The third-order valence-corrected chi connectivity index (χ3v) is 4.56. The SMILES string of the molecule is CN1CC(=O)Nc2cc(C(=O)Nc3cc(C(F)(F)F)ccc3NC(=O)OC(C)(C)C)ccc21. The minimum atomic E-state index is -4.66. The number of fused-ring (bicyclic) bond motifs is 1. The fraction of sp³-hybridized carbons (Fsp3) is 0.318. The van der Waals surface area contributed by atoms with Gasteiger partial charge in [-0.25, -0.2) is 4.79 Å². The second-order valence-electron chi connectivity index (χ2n) is 8.48. The number of carbonyl (C=O) groups excluding carboxylic acids is 3. The first-order valence-corrected chi connectivity index (χ1v) is 9.90. The van der Waals surface area contributed by atoms with Gasteiger partial charge in [-0.3, -0.25) is 14.9 Å². The molecular weight excluding hydrogens is 441 g/mol. The van der Waals surface area contributed by atoms with Crippen LogP contribution < -0.4 is 20.9 Å². The standard InChI is InChI=1S/C22H23F3N4O4/c1-21(2,3)33-20(32)28-14-7-6-13(22(23,24)25)10-15(14)27-19(31)12-5-8-17-16(9-12)26-18(30)11-29(17)4/h5-10H,11H2,1-4H3,(H,26,30)(H,27,31)(H,28,32). The van der Waals surface area contributed by atoms with Crippen LogP contribution in [0.15, 0.2) is 36.4 Å². The summed E-state index contributed by atoms with van der Waals surface area (Å²) in [6.45, 7) is 5.05. The molecule has 0 bridgehead atoms. The number of hydrogen-bond donors (Lipinski definition) is 3. The number of hydrogen-bond acceptors (Lipinski definition) is 5. The van der Waals surface area contributed by atoms with Gasteiger partial charge in [0.15, 0.2) is 0 Å². The molecule has 176 valence electrons. The largest absolute Gasteiger partial charge is 0.444 e. The molecule has 0 saturated heterocycles. The van der Waals surface area contributed by atoms with E-state index < -0.39 is 29.3 Å². The predicted octanol–water partition coefficient (Wildman–Crippen LogP) is 4.69. The van der Waals surface area contributed by atoms with Crippen LogP contribution in [0.2, 0.25) is 0 Å². The van der Waals surface area contributed by atoms with Crippen molar-refractivity contribution in [3.8, 4) is 0 Å². The molecule has 0 aliphatic carbocycles. The van der Waals surface area contributed by atoms with Crippen molar-refractivity contribution in [2.75, 3.05) is 34.4 Å². The van der Waals surface area contributed by atoms with Gasteiger partial charge in [-0.05, 0) is 57.2 Å². The van der Waals surface area contributed by atoms with Gasteiger partial charge >= 0.3 is 12.3 Å². The maximum Gasteiger partial charge on any atom is 0.416 e. The molecule has 2 aromatic rings. The second-order valence-corrected chi connectivity index (χ2v) is 8.48. The highest BCUT2D eigenvalue weighted by Crippen LogP contribution is 2.35. The summed E-state index contributed by atoms with van der Waals surface area (Å²) in [6, 6.07) is 7.06. The first kappa shape index (κ1) is 23.9. The summed E-state index contributed by atoms with van der Waals surface area (Å²) in [5.41, 5.74) is -0.983. The fourth-order valence-electron chi connectivity index (χ4n) is 3.14. The Balaban J connectivity index is 1.90. The van der Waals surface area contributed by atoms with E-state index in [9.17, 15) is 27.6 Å². The number of halogens is 3. The number of carbonyl (C=O) groups is 3. The molecule has 3 rings (SSSR count). The third-order valence-electron chi connectivity index (χ3n) is 4.56. The minimum Gasteiger partial charge on any atom is -0.444 e. The van der Waals surface area contributed by atoms with E-state index in [2.05, 4.69) is 16.0 Å². The van der Waals surface area contributed by atoms with Crippen molar-refractivity contribution in [1.29, 1.82) is 0 Å². The number of benzene rings is 2. The van der Waals surface area contributed by atoms with Crippen molar-refractivity contribution in [1.82, 2.24) is 0 Å². The zero-order chi connectivity index (χ0) is 24.6. The molecule has 1 heterocycles. The summed E-state index contributed by atoms with van der Waals surface area (Å²) < 4.78 is 44.8. The number of rotatable bonds is 3. The van der Waals surface area contributed by atoms with Gasteiger partial charge in [-0.1, -0.05) is 0 Å². The maximum absolute atomic E-state index is 13.2. The van der Waals surface area contributed by atoms with Gasteiger partial charge in [0.2, 0.25) is 5.91 Å². The van der Waals surface area contributed by atoms with Crippen molar-refractivity contribution >= 4 is 40.7 Å². The average molecular weight is 464 g/mol. The molecule has 1 aliphatic rings. The Morgan fingerprint density at radius 1 is 1.03 bits per heavy atom. The molecule has 2 aromatic carbocycles. The number of nitrogens with one attached hydrogen (secondary N) is 3. The lowest BCUT2D eigenvalue weighted by Crippen LogP contribution is -2.35. The Bertz CT molecular complexity index is 1110. The predicted molar refractivity (Wildman–Crippen MR) is 118 cm³/mol. The molecule has 0 saturated carbocycles. The van der Waals surface area contributed by atoms with Gasteiger partial charge in [0.05, 0.1) is 34.9 Å². The topological polar surface area (TPSA) is 99.8 Å². The number of amides is 3. The van der Waals surface area contributed by atoms with Gasteiger partial charge in [0, 0.05) is 12.6 Å². The summed E-state index contributed by atoms with van der Waals surface area (Å²) in [7, 11) is 1.72. The summed E-state index contributed by atoms with van der Waals surface area (Å²) >= 11 is 0. The average Bonchev–Trinajstić information content (AvgIpc) is 2.66. The second kappa shape index (κ2) is 8.64. The zero-order valence-corrected chi connectivity index (χ0v) is 18.4. The van der Waals surface area contributed by atoms with Crippen LogP contribution in [0.25, 0.3) is 0 Å². The molecule has 0 aromatic heterocycles. The molecule has 0 radical (unpaired) electrons. The molecule has 0 fully saturated rings.